The van der Waals surface area contributed by atoms with Gasteiger partial charge in [-0.1, -0.05) is 23.4 Å². The molecule has 0 radical (unpaired) electrons. The van der Waals surface area contributed by atoms with Crippen molar-refractivity contribution in [3.63, 3.8) is 0 Å². The molecule has 36 heavy (non-hydrogen) atoms. The number of benzene rings is 2. The van der Waals surface area contributed by atoms with E-state index in [0.717, 1.165) is 22.2 Å². The van der Waals surface area contributed by atoms with Gasteiger partial charge in [0.1, 0.15) is 16.6 Å². The molecule has 0 saturated carbocycles. The Hall–Kier alpha value is -2.64. The van der Waals surface area contributed by atoms with E-state index >= 15 is 0 Å². The number of hydrogen-bond donors (Lipinski definition) is 0. The predicted octanol–water partition coefficient (Wildman–Crippen LogP) is 5.34. The monoisotopic (exact) mass is 559 g/mol. The molecule has 0 fully saturated rings. The summed E-state index contributed by atoms with van der Waals surface area (Å²) in [4.78, 5) is 1.51. The van der Waals surface area contributed by atoms with Gasteiger partial charge in [-0.15, -0.1) is 24.2 Å². The van der Waals surface area contributed by atoms with Gasteiger partial charge in [0.25, 0.3) is 0 Å². The van der Waals surface area contributed by atoms with Gasteiger partial charge in [0.05, 0.1) is 11.2 Å². The fraction of sp³-hybridized carbons (Fsp3) is 0.333. The van der Waals surface area contributed by atoms with E-state index in [-0.39, 0.29) is 0 Å². The first-order chi connectivity index (χ1) is 16.3. The van der Waals surface area contributed by atoms with E-state index in [4.69, 9.17) is 4.62 Å². The molecule has 0 N–H and O–H groups in total. The molecule has 200 valence electrons. The molecule has 18 heteroatoms. The number of fused-ring (bicyclic) bond motifs is 2. The number of halogens is 6. The molecular formula is C18H25F6N9OP2. The molecule has 0 unspecified atom stereocenters. The SMILES string of the molecule is CN(C)[P+](On1nnc2c(-n3nnc4ccccc43)cccc21)(N(C)C)N(C)C.F[P-](F)(F)(F)(F)F. The average molecular weight is 559 g/mol. The Morgan fingerprint density at radius 2 is 1.25 bits per heavy atom. The van der Waals surface area contributed by atoms with Gasteiger partial charge in [0.2, 0.25) is 0 Å². The van der Waals surface area contributed by atoms with E-state index < -0.39 is 15.8 Å². The average Bonchev–Trinajstić information content (AvgIpc) is 3.33. The number of nitrogens with zero attached hydrogens (tertiary/aromatic N) is 9. The van der Waals surface area contributed by atoms with Crippen molar-refractivity contribution in [1.82, 2.24) is 44.2 Å². The summed E-state index contributed by atoms with van der Waals surface area (Å²) in [6, 6.07) is 13.7. The van der Waals surface area contributed by atoms with Crippen molar-refractivity contribution in [1.29, 1.82) is 0 Å². The predicted molar refractivity (Wildman–Crippen MR) is 128 cm³/mol. The fourth-order valence-corrected chi connectivity index (χ4v) is 6.50. The Bertz CT molecular complexity index is 1340. The number of hydrogen-bond acceptors (Lipinski definition) is 8. The van der Waals surface area contributed by atoms with Gasteiger partial charge in [-0.3, -0.25) is 0 Å². The minimum absolute atomic E-state index is 0.692. The van der Waals surface area contributed by atoms with Crippen molar-refractivity contribution in [3.8, 4) is 5.69 Å². The van der Waals surface area contributed by atoms with E-state index in [1.807, 2.05) is 84.8 Å². The maximum absolute atomic E-state index is 10.7. The zero-order valence-electron chi connectivity index (χ0n) is 20.1. The van der Waals surface area contributed by atoms with Gasteiger partial charge < -0.3 is 0 Å². The molecule has 0 aliphatic rings. The second-order valence-corrected chi connectivity index (χ2v) is 13.7. The molecule has 2 heterocycles. The molecule has 0 bridgehead atoms. The van der Waals surface area contributed by atoms with Gasteiger partial charge in [-0.2, -0.15) is 4.62 Å². The summed E-state index contributed by atoms with van der Waals surface area (Å²) in [5.41, 5.74) is 3.99. The van der Waals surface area contributed by atoms with Crippen molar-refractivity contribution in [2.75, 3.05) is 42.3 Å². The van der Waals surface area contributed by atoms with Crippen molar-refractivity contribution < 1.29 is 29.8 Å². The van der Waals surface area contributed by atoms with E-state index in [9.17, 15) is 25.2 Å². The van der Waals surface area contributed by atoms with Crippen molar-refractivity contribution in [2.24, 2.45) is 0 Å². The van der Waals surface area contributed by atoms with Gasteiger partial charge in [0, 0.05) is 42.3 Å². The Morgan fingerprint density at radius 1 is 0.722 bits per heavy atom. The summed E-state index contributed by atoms with van der Waals surface area (Å²) >= 11 is 0. The van der Waals surface area contributed by atoms with Crippen LogP contribution >= 0.6 is 15.8 Å². The Labute approximate surface area is 202 Å². The minimum atomic E-state index is -10.7. The van der Waals surface area contributed by atoms with Crippen LogP contribution in [0.15, 0.2) is 42.5 Å². The van der Waals surface area contributed by atoms with Crippen LogP contribution < -0.4 is 4.62 Å². The number of para-hydroxylation sites is 1. The van der Waals surface area contributed by atoms with E-state index in [1.54, 1.807) is 4.68 Å². The standard InChI is InChI=1S/C18H25N9OP.F6P/c1-23(2)29(24(3)4,25(5)6)28-27-17-13-9-12-16(18(17)20-22-27)26-15-11-8-7-10-14(15)19-21-26;1-7(2,3,4,5)6/h7-13H,1-6H3;/q+1;-1. The molecule has 0 saturated heterocycles. The van der Waals surface area contributed by atoms with Crippen LogP contribution in [0.5, 0.6) is 0 Å². The Kier molecular flexibility index (Phi) is 6.78. The molecule has 2 aromatic heterocycles. The van der Waals surface area contributed by atoms with Crippen LogP contribution in [0, 0.1) is 0 Å². The van der Waals surface area contributed by atoms with Crippen molar-refractivity contribution in [2.45, 2.75) is 0 Å². The number of rotatable bonds is 6. The zero-order valence-corrected chi connectivity index (χ0v) is 21.9. The molecule has 4 rings (SSSR count). The summed E-state index contributed by atoms with van der Waals surface area (Å²) in [6.45, 7) is 0. The summed E-state index contributed by atoms with van der Waals surface area (Å²) in [6.07, 6.45) is 0. The maximum atomic E-state index is 9.87. The van der Waals surface area contributed by atoms with Crippen LogP contribution in [0.2, 0.25) is 0 Å². The third-order valence-electron chi connectivity index (χ3n) is 4.76. The van der Waals surface area contributed by atoms with E-state index in [2.05, 4.69) is 34.6 Å². The molecule has 0 spiro atoms. The first-order valence-electron chi connectivity index (χ1n) is 10.2. The molecular weight excluding hydrogens is 534 g/mol. The Balaban J connectivity index is 0.000000454. The van der Waals surface area contributed by atoms with Crippen LogP contribution in [-0.2, 0) is 0 Å². The molecule has 4 aromatic rings. The second-order valence-electron chi connectivity index (χ2n) is 8.19. The summed E-state index contributed by atoms with van der Waals surface area (Å²) in [7, 11) is -0.952. The van der Waals surface area contributed by atoms with Gasteiger partial charge in [0.15, 0.2) is 0 Å². The third-order valence-corrected chi connectivity index (χ3v) is 8.26. The normalized spacial score (nSPS) is 14.8. The van der Waals surface area contributed by atoms with Gasteiger partial charge in [-0.05, 0) is 34.3 Å². The molecule has 0 aliphatic carbocycles. The van der Waals surface area contributed by atoms with Crippen LogP contribution in [0.4, 0.5) is 25.2 Å². The summed E-state index contributed by atoms with van der Waals surface area (Å²) in [5.74, 6) is 0. The quantitative estimate of drug-likeness (QED) is 0.232. The molecule has 0 amide bonds. The summed E-state index contributed by atoms with van der Waals surface area (Å²) < 4.78 is 73.7. The third kappa shape index (κ3) is 6.37. The molecule has 2 aromatic carbocycles. The van der Waals surface area contributed by atoms with Crippen molar-refractivity contribution >= 4 is 37.8 Å². The zero-order chi connectivity index (χ0) is 27.2. The first-order valence-corrected chi connectivity index (χ1v) is 13.7. The van der Waals surface area contributed by atoms with Gasteiger partial charge in [-0.25, -0.2) is 4.68 Å². The van der Waals surface area contributed by atoms with Gasteiger partial charge >= 0.3 is 40.9 Å². The molecule has 10 nitrogen and oxygen atoms in total. The summed E-state index contributed by atoms with van der Waals surface area (Å²) in [5, 5.41) is 17.3. The van der Waals surface area contributed by atoms with Crippen molar-refractivity contribution in [3.05, 3.63) is 42.5 Å². The topological polar surface area (TPSA) is 80.4 Å². The molecule has 0 aliphatic heterocycles. The van der Waals surface area contributed by atoms with Crippen LogP contribution in [0.1, 0.15) is 0 Å². The van der Waals surface area contributed by atoms with E-state index in [1.165, 1.54) is 4.85 Å². The van der Waals surface area contributed by atoms with Crippen LogP contribution in [0.3, 0.4) is 0 Å². The van der Waals surface area contributed by atoms with Crippen LogP contribution in [-0.4, -0.2) is 86.4 Å². The van der Waals surface area contributed by atoms with Crippen LogP contribution in [0.25, 0.3) is 27.8 Å². The first kappa shape index (κ1) is 27.9. The van der Waals surface area contributed by atoms with E-state index in [0.29, 0.717) is 5.52 Å². The fourth-order valence-electron chi connectivity index (χ4n) is 3.58. The Morgan fingerprint density at radius 3 is 1.81 bits per heavy atom. The molecule has 0 atom stereocenters. The number of aromatic nitrogens is 6. The second kappa shape index (κ2) is 8.73.